The summed E-state index contributed by atoms with van der Waals surface area (Å²) in [6.07, 6.45) is 7.87. The van der Waals surface area contributed by atoms with Crippen molar-refractivity contribution in [3.05, 3.63) is 33.3 Å². The molecule has 0 atom stereocenters. The van der Waals surface area contributed by atoms with Crippen LogP contribution in [-0.2, 0) is 6.42 Å². The van der Waals surface area contributed by atoms with Gasteiger partial charge < -0.3 is 5.32 Å². The highest BCUT2D eigenvalue weighted by Gasteiger charge is 2.32. The van der Waals surface area contributed by atoms with Gasteiger partial charge in [0.05, 0.1) is 0 Å². The zero-order chi connectivity index (χ0) is 13.7. The quantitative estimate of drug-likeness (QED) is 0.773. The molecule has 1 nitrogen and oxygen atoms in total. The summed E-state index contributed by atoms with van der Waals surface area (Å²) in [6, 6.07) is 6.29. The first kappa shape index (κ1) is 15.3. The summed E-state index contributed by atoms with van der Waals surface area (Å²) in [5.74, 6) is 0. The summed E-state index contributed by atoms with van der Waals surface area (Å²) >= 11 is 9.87. The average molecular weight is 345 g/mol. The lowest BCUT2D eigenvalue weighted by Crippen LogP contribution is -2.38. The van der Waals surface area contributed by atoms with E-state index in [0.29, 0.717) is 5.41 Å². The van der Waals surface area contributed by atoms with Gasteiger partial charge in [-0.15, -0.1) is 0 Å². The molecule has 1 saturated carbocycles. The smallest absolute Gasteiger partial charge is 0.0449 e. The number of rotatable bonds is 5. The van der Waals surface area contributed by atoms with Crippen LogP contribution < -0.4 is 5.32 Å². The van der Waals surface area contributed by atoms with Crippen molar-refractivity contribution in [1.29, 1.82) is 0 Å². The summed E-state index contributed by atoms with van der Waals surface area (Å²) in [4.78, 5) is 0. The van der Waals surface area contributed by atoms with Crippen LogP contribution >= 0.6 is 27.5 Å². The van der Waals surface area contributed by atoms with Crippen molar-refractivity contribution in [2.75, 3.05) is 13.1 Å². The molecular weight excluding hydrogens is 322 g/mol. The van der Waals surface area contributed by atoms with E-state index < -0.39 is 0 Å². The molecule has 19 heavy (non-hydrogen) atoms. The molecule has 0 spiro atoms. The molecule has 1 N–H and O–H groups in total. The van der Waals surface area contributed by atoms with Gasteiger partial charge in [-0.05, 0) is 48.9 Å². The van der Waals surface area contributed by atoms with Crippen LogP contribution in [0.25, 0.3) is 0 Å². The second-order valence-corrected chi connectivity index (χ2v) is 7.08. The van der Waals surface area contributed by atoms with Crippen molar-refractivity contribution < 1.29 is 0 Å². The first-order chi connectivity index (χ1) is 9.15. The minimum absolute atomic E-state index is 0.408. The molecule has 0 aromatic heterocycles. The largest absolute Gasteiger partial charge is 0.316 e. The minimum Gasteiger partial charge on any atom is -0.316 e. The Kier molecular flexibility index (Phi) is 5.73. The van der Waals surface area contributed by atoms with Gasteiger partial charge in [0.1, 0.15) is 0 Å². The van der Waals surface area contributed by atoms with E-state index >= 15 is 0 Å². The van der Waals surface area contributed by atoms with Crippen LogP contribution in [0.4, 0.5) is 0 Å². The summed E-state index contributed by atoms with van der Waals surface area (Å²) in [5, 5.41) is 4.46. The Bertz CT molecular complexity index is 413. The zero-order valence-electron chi connectivity index (χ0n) is 11.6. The van der Waals surface area contributed by atoms with Gasteiger partial charge in [-0.25, -0.2) is 0 Å². The molecule has 0 saturated heterocycles. The summed E-state index contributed by atoms with van der Waals surface area (Å²) < 4.78 is 1.06. The van der Waals surface area contributed by atoms with E-state index in [1.165, 1.54) is 37.7 Å². The number of nitrogens with one attached hydrogen (secondary N) is 1. The number of halogens is 2. The third-order valence-electron chi connectivity index (χ3n) is 4.24. The Morgan fingerprint density at radius 3 is 2.63 bits per heavy atom. The maximum atomic E-state index is 6.39. The molecule has 1 aliphatic carbocycles. The molecule has 1 aliphatic rings. The fourth-order valence-electron chi connectivity index (χ4n) is 3.18. The van der Waals surface area contributed by atoms with Gasteiger partial charge in [0.2, 0.25) is 0 Å². The summed E-state index contributed by atoms with van der Waals surface area (Å²) in [5.41, 5.74) is 1.70. The van der Waals surface area contributed by atoms with Crippen LogP contribution in [0.2, 0.25) is 5.02 Å². The predicted molar refractivity (Wildman–Crippen MR) is 86.9 cm³/mol. The highest BCUT2D eigenvalue weighted by atomic mass is 79.9. The molecule has 2 rings (SSSR count). The molecule has 1 aromatic rings. The molecule has 0 bridgehead atoms. The van der Waals surface area contributed by atoms with E-state index in [0.717, 1.165) is 29.0 Å². The Morgan fingerprint density at radius 1 is 1.26 bits per heavy atom. The molecule has 0 radical (unpaired) electrons. The number of hydrogen-bond donors (Lipinski definition) is 1. The third kappa shape index (κ3) is 4.21. The van der Waals surface area contributed by atoms with Crippen molar-refractivity contribution in [3.8, 4) is 0 Å². The van der Waals surface area contributed by atoms with E-state index in [2.05, 4.69) is 40.3 Å². The Morgan fingerprint density at radius 2 is 2.00 bits per heavy atom. The van der Waals surface area contributed by atoms with Crippen LogP contribution in [0.1, 0.15) is 44.6 Å². The van der Waals surface area contributed by atoms with Gasteiger partial charge >= 0.3 is 0 Å². The highest BCUT2D eigenvalue weighted by molar-refractivity contribution is 9.10. The van der Waals surface area contributed by atoms with Crippen LogP contribution in [0.15, 0.2) is 22.7 Å². The van der Waals surface area contributed by atoms with Gasteiger partial charge in [0.15, 0.2) is 0 Å². The lowest BCUT2D eigenvalue weighted by molar-refractivity contribution is 0.182. The Hall–Kier alpha value is -0.0500. The third-order valence-corrected chi connectivity index (χ3v) is 5.09. The second kappa shape index (κ2) is 7.10. The molecule has 106 valence electrons. The van der Waals surface area contributed by atoms with E-state index in [-0.39, 0.29) is 0 Å². The average Bonchev–Trinajstić information content (AvgIpc) is 2.41. The molecule has 0 amide bonds. The summed E-state index contributed by atoms with van der Waals surface area (Å²) in [7, 11) is 0. The fourth-order valence-corrected chi connectivity index (χ4v) is 3.92. The Labute approximate surface area is 130 Å². The Balaban J connectivity index is 2.14. The van der Waals surface area contributed by atoms with E-state index in [9.17, 15) is 0 Å². The van der Waals surface area contributed by atoms with Gasteiger partial charge in [-0.2, -0.15) is 0 Å². The molecule has 1 fully saturated rings. The normalized spacial score (nSPS) is 18.5. The maximum Gasteiger partial charge on any atom is 0.0449 e. The fraction of sp³-hybridized carbons (Fsp3) is 0.625. The van der Waals surface area contributed by atoms with E-state index in [4.69, 9.17) is 11.6 Å². The van der Waals surface area contributed by atoms with Crippen LogP contribution in [-0.4, -0.2) is 13.1 Å². The van der Waals surface area contributed by atoms with Gasteiger partial charge in [-0.1, -0.05) is 59.8 Å². The molecule has 0 unspecified atom stereocenters. The topological polar surface area (TPSA) is 12.0 Å². The standard InChI is InChI=1S/C16H23BrClN/c1-2-19-12-16(8-4-3-5-9-16)11-13-6-7-14(17)10-15(13)18/h6-7,10,19H,2-5,8-9,11-12H2,1H3. The van der Waals surface area contributed by atoms with E-state index in [1.807, 2.05) is 6.07 Å². The lowest BCUT2D eigenvalue weighted by atomic mass is 9.70. The van der Waals surface area contributed by atoms with E-state index in [1.54, 1.807) is 0 Å². The van der Waals surface area contributed by atoms with Crippen molar-refractivity contribution in [1.82, 2.24) is 5.32 Å². The van der Waals surface area contributed by atoms with Crippen molar-refractivity contribution in [3.63, 3.8) is 0 Å². The van der Waals surface area contributed by atoms with Crippen molar-refractivity contribution >= 4 is 27.5 Å². The molecule has 0 heterocycles. The minimum atomic E-state index is 0.408. The lowest BCUT2D eigenvalue weighted by Gasteiger charge is -2.38. The predicted octanol–water partition coefficient (Wildman–Crippen LogP) is 5.21. The van der Waals surface area contributed by atoms with Crippen LogP contribution in [0, 0.1) is 5.41 Å². The number of benzene rings is 1. The van der Waals surface area contributed by atoms with Crippen molar-refractivity contribution in [2.45, 2.75) is 45.4 Å². The molecule has 3 heteroatoms. The van der Waals surface area contributed by atoms with Gasteiger partial charge in [0, 0.05) is 16.0 Å². The van der Waals surface area contributed by atoms with Crippen molar-refractivity contribution in [2.24, 2.45) is 5.41 Å². The number of hydrogen-bond acceptors (Lipinski definition) is 1. The molecule has 1 aromatic carbocycles. The highest BCUT2D eigenvalue weighted by Crippen LogP contribution is 2.40. The first-order valence-corrected chi connectivity index (χ1v) is 8.47. The second-order valence-electron chi connectivity index (χ2n) is 5.75. The van der Waals surface area contributed by atoms with Gasteiger partial charge in [0.25, 0.3) is 0 Å². The molecular formula is C16H23BrClN. The SMILES string of the molecule is CCNCC1(Cc2ccc(Br)cc2Cl)CCCCC1. The first-order valence-electron chi connectivity index (χ1n) is 7.30. The molecule has 0 aliphatic heterocycles. The van der Waals surface area contributed by atoms with Gasteiger partial charge in [-0.3, -0.25) is 0 Å². The van der Waals surface area contributed by atoms with Crippen LogP contribution in [0.3, 0.4) is 0 Å². The summed E-state index contributed by atoms with van der Waals surface area (Å²) in [6.45, 7) is 4.36. The maximum absolute atomic E-state index is 6.39. The zero-order valence-corrected chi connectivity index (χ0v) is 14.0. The monoisotopic (exact) mass is 343 g/mol. The van der Waals surface area contributed by atoms with Crippen LogP contribution in [0.5, 0.6) is 0 Å².